The topological polar surface area (TPSA) is 131 Å². The van der Waals surface area contributed by atoms with E-state index in [1.165, 1.54) is 0 Å². The first-order valence-corrected chi connectivity index (χ1v) is 12.0. The molecule has 2 aromatic carbocycles. The molecule has 4 N–H and O–H groups in total. The molecule has 1 aliphatic carbocycles. The van der Waals surface area contributed by atoms with Gasteiger partial charge in [0.1, 0.15) is 15.4 Å². The zero-order valence-corrected chi connectivity index (χ0v) is 19.7. The van der Waals surface area contributed by atoms with Crippen LogP contribution in [0, 0.1) is 0 Å². The van der Waals surface area contributed by atoms with E-state index in [1.54, 1.807) is 12.1 Å². The first-order chi connectivity index (χ1) is 17.7. The molecule has 0 saturated heterocycles. The van der Waals surface area contributed by atoms with Crippen molar-refractivity contribution in [1.29, 1.82) is 0 Å². The monoisotopic (exact) mass is 525 g/mol. The molecule has 4 aromatic rings. The molecule has 6 rings (SSSR count). The molecule has 9 nitrogen and oxygen atoms in total. The number of amides is 1. The van der Waals surface area contributed by atoms with Crippen LogP contribution in [-0.4, -0.2) is 39.1 Å². The van der Waals surface area contributed by atoms with E-state index in [0.29, 0.717) is 11.4 Å². The molecule has 2 aromatic heterocycles. The second-order valence-electron chi connectivity index (χ2n) is 8.65. The maximum Gasteiger partial charge on any atom is 0.400 e. The number of anilines is 3. The number of hydrogen-bond donors (Lipinski definition) is 3. The number of thiazole rings is 1. The van der Waals surface area contributed by atoms with Crippen molar-refractivity contribution < 1.29 is 22.4 Å². The molecule has 188 valence electrons. The van der Waals surface area contributed by atoms with Crippen LogP contribution < -0.4 is 16.4 Å². The molecule has 2 aliphatic rings. The Morgan fingerprint density at radius 3 is 2.54 bits per heavy atom. The van der Waals surface area contributed by atoms with Crippen LogP contribution in [0.1, 0.15) is 29.0 Å². The molecule has 0 spiro atoms. The summed E-state index contributed by atoms with van der Waals surface area (Å²) in [6.45, 7) is 0. The molecule has 3 heterocycles. The molecule has 1 fully saturated rings. The highest BCUT2D eigenvalue weighted by Gasteiger charge is 2.66. The fourth-order valence-electron chi connectivity index (χ4n) is 4.11. The largest absolute Gasteiger partial charge is 0.402 e. The second-order valence-corrected chi connectivity index (χ2v) is 9.68. The fourth-order valence-corrected chi connectivity index (χ4v) is 5.20. The van der Waals surface area contributed by atoms with E-state index in [4.69, 9.17) is 10.2 Å². The number of nitrogens with zero attached hydrogens (tertiary/aromatic N) is 4. The number of alkyl halides is 3. The number of carbonyl (C=O) groups excluding carboxylic acids is 1. The van der Waals surface area contributed by atoms with E-state index in [9.17, 15) is 18.0 Å². The molecule has 0 bridgehead atoms. The van der Waals surface area contributed by atoms with Gasteiger partial charge in [-0.1, -0.05) is 53.6 Å². The fraction of sp³-hybridized carbons (Fsp3) is 0.208. The quantitative estimate of drug-likeness (QED) is 0.347. The number of para-hydroxylation sites is 1. The SMILES string of the molecule is Nc1sc(C2(C(F)(F)F)CC2)nc1-c1nnc(N[C@H]2N=C(c3ccccc3)c3ccccc3NC2=O)o1. The van der Waals surface area contributed by atoms with E-state index in [1.807, 2.05) is 42.5 Å². The van der Waals surface area contributed by atoms with Crippen molar-refractivity contribution in [3.63, 3.8) is 0 Å². The first kappa shape index (κ1) is 23.2. The molecular weight excluding hydrogens is 507 g/mol. The lowest BCUT2D eigenvalue weighted by atomic mass is 10.0. The van der Waals surface area contributed by atoms with E-state index in [2.05, 4.69) is 30.8 Å². The van der Waals surface area contributed by atoms with Gasteiger partial charge in [-0.05, 0) is 18.9 Å². The van der Waals surface area contributed by atoms with Gasteiger partial charge in [-0.25, -0.2) is 9.98 Å². The van der Waals surface area contributed by atoms with Gasteiger partial charge in [0.15, 0.2) is 5.69 Å². The van der Waals surface area contributed by atoms with E-state index in [-0.39, 0.29) is 40.4 Å². The molecule has 37 heavy (non-hydrogen) atoms. The lowest BCUT2D eigenvalue weighted by molar-refractivity contribution is -0.160. The first-order valence-electron chi connectivity index (χ1n) is 11.2. The molecule has 1 saturated carbocycles. The number of nitrogens with two attached hydrogens (primary N) is 1. The lowest BCUT2D eigenvalue weighted by Crippen LogP contribution is -2.32. The van der Waals surface area contributed by atoms with Crippen molar-refractivity contribution in [2.24, 2.45) is 4.99 Å². The van der Waals surface area contributed by atoms with Crippen molar-refractivity contribution >= 4 is 39.7 Å². The van der Waals surface area contributed by atoms with Gasteiger partial charge >= 0.3 is 12.2 Å². The third-order valence-electron chi connectivity index (χ3n) is 6.24. The van der Waals surface area contributed by atoms with Gasteiger partial charge in [0.25, 0.3) is 11.8 Å². The number of fused-ring (bicyclic) bond motifs is 1. The number of benzene rings is 2. The number of nitrogens with one attached hydrogen (secondary N) is 2. The van der Waals surface area contributed by atoms with Crippen molar-refractivity contribution in [2.45, 2.75) is 30.6 Å². The highest BCUT2D eigenvalue weighted by Crippen LogP contribution is 2.60. The molecule has 1 amide bonds. The smallest absolute Gasteiger partial charge is 0.400 e. The van der Waals surface area contributed by atoms with Crippen molar-refractivity contribution in [3.05, 3.63) is 70.7 Å². The summed E-state index contributed by atoms with van der Waals surface area (Å²) in [5, 5.41) is 13.3. The summed E-state index contributed by atoms with van der Waals surface area (Å²) in [5.41, 5.74) is 6.66. The number of nitrogen functional groups attached to an aromatic ring is 1. The van der Waals surface area contributed by atoms with Crippen LogP contribution in [0.25, 0.3) is 11.6 Å². The lowest BCUT2D eigenvalue weighted by Gasteiger charge is -2.15. The van der Waals surface area contributed by atoms with Gasteiger partial charge < -0.3 is 20.8 Å². The number of hydrogen-bond acceptors (Lipinski definition) is 9. The van der Waals surface area contributed by atoms with Crippen LogP contribution in [0.5, 0.6) is 0 Å². The predicted octanol–water partition coefficient (Wildman–Crippen LogP) is 4.60. The Bertz CT molecular complexity index is 1530. The van der Waals surface area contributed by atoms with Gasteiger partial charge in [0, 0.05) is 11.1 Å². The zero-order chi connectivity index (χ0) is 25.8. The van der Waals surface area contributed by atoms with E-state index >= 15 is 0 Å². The minimum absolute atomic E-state index is 0.0257. The third-order valence-corrected chi connectivity index (χ3v) is 7.33. The average Bonchev–Trinajstić information content (AvgIpc) is 3.48. The standard InChI is InChI=1S/C24H18F3N7O2S/c25-24(26,27)23(10-11-23)21-31-16(17(28)37-21)20-33-34-22(36-20)32-18-19(35)29-14-9-5-4-8-13(14)15(30-18)12-6-2-1-3-7-12/h1-9,18H,10-11,28H2,(H,29,35)(H,32,34)/t18-/m1/s1. The van der Waals surface area contributed by atoms with Crippen molar-refractivity contribution in [3.8, 4) is 11.6 Å². The van der Waals surface area contributed by atoms with Gasteiger partial charge in [-0.15, -0.1) is 16.4 Å². The van der Waals surface area contributed by atoms with Gasteiger partial charge in [-0.3, -0.25) is 4.79 Å². The van der Waals surface area contributed by atoms with Crippen LogP contribution in [0.15, 0.2) is 64.0 Å². The molecule has 13 heteroatoms. The summed E-state index contributed by atoms with van der Waals surface area (Å²) in [6, 6.07) is 16.5. The van der Waals surface area contributed by atoms with E-state index in [0.717, 1.165) is 22.5 Å². The third kappa shape index (κ3) is 4.00. The maximum absolute atomic E-state index is 13.5. The van der Waals surface area contributed by atoms with Crippen LogP contribution in [-0.2, 0) is 10.2 Å². The van der Waals surface area contributed by atoms with Gasteiger partial charge in [0.2, 0.25) is 6.17 Å². The van der Waals surface area contributed by atoms with Crippen molar-refractivity contribution in [2.75, 3.05) is 16.4 Å². The maximum atomic E-state index is 13.5. The number of halogens is 3. The minimum Gasteiger partial charge on any atom is -0.402 e. The molecule has 0 unspecified atom stereocenters. The van der Waals surface area contributed by atoms with Crippen LogP contribution >= 0.6 is 11.3 Å². The van der Waals surface area contributed by atoms with Crippen LogP contribution in [0.2, 0.25) is 0 Å². The second kappa shape index (κ2) is 8.40. The Morgan fingerprint density at radius 1 is 1.08 bits per heavy atom. The summed E-state index contributed by atoms with van der Waals surface area (Å²) < 4.78 is 46.2. The number of aromatic nitrogens is 3. The normalized spacial score (nSPS) is 18.4. The van der Waals surface area contributed by atoms with Crippen LogP contribution in [0.4, 0.5) is 29.9 Å². The molecule has 1 atom stereocenters. The number of rotatable bonds is 5. The average molecular weight is 526 g/mol. The summed E-state index contributed by atoms with van der Waals surface area (Å²) in [6.07, 6.45) is -5.64. The summed E-state index contributed by atoms with van der Waals surface area (Å²) >= 11 is 0.757. The van der Waals surface area contributed by atoms with Gasteiger partial charge in [0.05, 0.1) is 11.4 Å². The molecule has 1 aliphatic heterocycles. The predicted molar refractivity (Wildman–Crippen MR) is 131 cm³/mol. The number of aliphatic imine (C=N–C) groups is 1. The summed E-state index contributed by atoms with van der Waals surface area (Å²) in [5.74, 6) is -0.625. The van der Waals surface area contributed by atoms with Gasteiger partial charge in [-0.2, -0.15) is 13.2 Å². The number of carbonyl (C=O) groups is 1. The van der Waals surface area contributed by atoms with Crippen LogP contribution in [0.3, 0.4) is 0 Å². The summed E-state index contributed by atoms with van der Waals surface area (Å²) in [4.78, 5) is 21.7. The summed E-state index contributed by atoms with van der Waals surface area (Å²) in [7, 11) is 0. The Kier molecular flexibility index (Phi) is 5.26. The van der Waals surface area contributed by atoms with E-state index < -0.39 is 23.7 Å². The highest BCUT2D eigenvalue weighted by molar-refractivity contribution is 7.16. The van der Waals surface area contributed by atoms with Crippen molar-refractivity contribution in [1.82, 2.24) is 15.2 Å². The molecule has 0 radical (unpaired) electrons. The zero-order valence-electron chi connectivity index (χ0n) is 18.9. The number of benzodiazepines with no additional fused rings is 1. The Hall–Kier alpha value is -4.26. The minimum atomic E-state index is -4.42. The Balaban J connectivity index is 1.31. The highest BCUT2D eigenvalue weighted by atomic mass is 32.1. The molecular formula is C24H18F3N7O2S. The Morgan fingerprint density at radius 2 is 1.81 bits per heavy atom. The Labute approximate surface area is 211 Å².